The third-order valence-electron chi connectivity index (χ3n) is 2.08. The molecule has 0 aliphatic rings. The monoisotopic (exact) mass is 221 g/mol. The van der Waals surface area contributed by atoms with Gasteiger partial charge in [-0.3, -0.25) is 0 Å². The molecule has 3 nitrogen and oxygen atoms in total. The van der Waals surface area contributed by atoms with Gasteiger partial charge in [0.1, 0.15) is 5.82 Å². The molecule has 0 unspecified atom stereocenters. The van der Waals surface area contributed by atoms with Gasteiger partial charge in [0.05, 0.1) is 18.2 Å². The highest BCUT2D eigenvalue weighted by atomic mass is 19.1. The Hall–Kier alpha value is -1.89. The highest BCUT2D eigenvalue weighted by Crippen LogP contribution is 2.15. The molecule has 0 saturated heterocycles. The molecule has 0 saturated carbocycles. The summed E-state index contributed by atoms with van der Waals surface area (Å²) in [6.45, 7) is 1.87. The molecule has 0 aromatic heterocycles. The van der Waals surface area contributed by atoms with Gasteiger partial charge in [0, 0.05) is 6.42 Å². The lowest BCUT2D eigenvalue weighted by Crippen LogP contribution is -2.08. The van der Waals surface area contributed by atoms with E-state index in [1.807, 2.05) is 6.07 Å². The fraction of sp³-hybridized carbons (Fsp3) is 0.333. The van der Waals surface area contributed by atoms with Crippen molar-refractivity contribution in [3.63, 3.8) is 0 Å². The van der Waals surface area contributed by atoms with Crippen LogP contribution in [0.4, 0.5) is 4.39 Å². The van der Waals surface area contributed by atoms with Crippen molar-refractivity contribution in [2.75, 3.05) is 6.61 Å². The summed E-state index contributed by atoms with van der Waals surface area (Å²) in [5.74, 6) is -1.25. The summed E-state index contributed by atoms with van der Waals surface area (Å²) in [7, 11) is 0. The van der Waals surface area contributed by atoms with Crippen LogP contribution in [0.5, 0.6) is 0 Å². The second-order valence-electron chi connectivity index (χ2n) is 3.16. The summed E-state index contributed by atoms with van der Waals surface area (Å²) in [6, 6.07) is 6.46. The molecule has 0 bridgehead atoms. The van der Waals surface area contributed by atoms with Gasteiger partial charge >= 0.3 is 5.97 Å². The summed E-state index contributed by atoms with van der Waals surface area (Å²) >= 11 is 0. The predicted molar refractivity (Wildman–Crippen MR) is 56.3 cm³/mol. The fourth-order valence-electron chi connectivity index (χ4n) is 1.33. The van der Waals surface area contributed by atoms with E-state index in [9.17, 15) is 9.18 Å². The zero-order valence-electron chi connectivity index (χ0n) is 9.00. The quantitative estimate of drug-likeness (QED) is 0.734. The van der Waals surface area contributed by atoms with Gasteiger partial charge in [-0.05, 0) is 25.0 Å². The smallest absolute Gasteiger partial charge is 0.341 e. The second kappa shape index (κ2) is 5.86. The van der Waals surface area contributed by atoms with Gasteiger partial charge < -0.3 is 4.74 Å². The molecular weight excluding hydrogens is 209 g/mol. The molecule has 4 heteroatoms. The van der Waals surface area contributed by atoms with E-state index in [2.05, 4.69) is 0 Å². The molecule has 0 aliphatic heterocycles. The van der Waals surface area contributed by atoms with Gasteiger partial charge in [0.15, 0.2) is 0 Å². The van der Waals surface area contributed by atoms with Crippen LogP contribution in [0.3, 0.4) is 0 Å². The molecular formula is C12H12FNO2. The third-order valence-corrected chi connectivity index (χ3v) is 2.08. The van der Waals surface area contributed by atoms with Crippen LogP contribution in [0.2, 0.25) is 0 Å². The Morgan fingerprint density at radius 3 is 2.94 bits per heavy atom. The van der Waals surface area contributed by atoms with E-state index < -0.39 is 11.8 Å². The molecule has 0 spiro atoms. The van der Waals surface area contributed by atoms with E-state index in [1.165, 1.54) is 6.07 Å². The Bertz CT molecular complexity index is 424. The zero-order chi connectivity index (χ0) is 12.0. The number of ether oxygens (including phenoxy) is 1. The molecule has 0 aliphatic carbocycles. The van der Waals surface area contributed by atoms with Crippen molar-refractivity contribution in [3.8, 4) is 6.07 Å². The molecule has 1 aromatic carbocycles. The molecule has 1 rings (SSSR count). The highest BCUT2D eigenvalue weighted by molar-refractivity contribution is 5.89. The van der Waals surface area contributed by atoms with E-state index in [0.717, 1.165) is 0 Å². The maximum absolute atomic E-state index is 13.8. The Morgan fingerprint density at radius 2 is 2.31 bits per heavy atom. The molecule has 0 fully saturated rings. The Kier molecular flexibility index (Phi) is 4.46. The van der Waals surface area contributed by atoms with Crippen molar-refractivity contribution >= 4 is 5.97 Å². The van der Waals surface area contributed by atoms with E-state index >= 15 is 0 Å². The van der Waals surface area contributed by atoms with Crippen LogP contribution in [0, 0.1) is 17.1 Å². The predicted octanol–water partition coefficient (Wildman–Crippen LogP) is 2.46. The van der Waals surface area contributed by atoms with Crippen LogP contribution in [0.15, 0.2) is 18.2 Å². The standard InChI is InChI=1S/C12H12FNO2/c1-2-16-12(15)10-7-3-5-9(11(10)13)6-4-8-14/h3,5,7H,2,4,6H2,1H3. The van der Waals surface area contributed by atoms with Gasteiger partial charge in [-0.15, -0.1) is 0 Å². The van der Waals surface area contributed by atoms with Crippen LogP contribution < -0.4 is 0 Å². The van der Waals surface area contributed by atoms with Gasteiger partial charge in [-0.2, -0.15) is 5.26 Å². The summed E-state index contributed by atoms with van der Waals surface area (Å²) in [5, 5.41) is 8.42. The number of hydrogen-bond acceptors (Lipinski definition) is 3. The number of nitrogens with zero attached hydrogens (tertiary/aromatic N) is 1. The summed E-state index contributed by atoms with van der Waals surface area (Å²) in [6.07, 6.45) is 0.527. The highest BCUT2D eigenvalue weighted by Gasteiger charge is 2.15. The van der Waals surface area contributed by atoms with Crippen LogP contribution in [0.1, 0.15) is 29.3 Å². The van der Waals surface area contributed by atoms with Crippen LogP contribution in [0.25, 0.3) is 0 Å². The van der Waals surface area contributed by atoms with Crippen LogP contribution in [-0.2, 0) is 11.2 Å². The van der Waals surface area contributed by atoms with Gasteiger partial charge in [0.2, 0.25) is 0 Å². The maximum atomic E-state index is 13.8. The summed E-state index contributed by atoms with van der Waals surface area (Å²) in [4.78, 5) is 11.4. The van der Waals surface area contributed by atoms with Crippen molar-refractivity contribution in [2.45, 2.75) is 19.8 Å². The number of esters is 1. The Balaban J connectivity index is 2.95. The van der Waals surface area contributed by atoms with Gasteiger partial charge in [-0.25, -0.2) is 9.18 Å². The topological polar surface area (TPSA) is 50.1 Å². The van der Waals surface area contributed by atoms with Crippen molar-refractivity contribution in [1.29, 1.82) is 5.26 Å². The average molecular weight is 221 g/mol. The Morgan fingerprint density at radius 1 is 1.56 bits per heavy atom. The first kappa shape index (κ1) is 12.2. The van der Waals surface area contributed by atoms with E-state index in [1.54, 1.807) is 19.1 Å². The molecule has 1 aromatic rings. The molecule has 0 heterocycles. The van der Waals surface area contributed by atoms with Crippen molar-refractivity contribution < 1.29 is 13.9 Å². The first-order chi connectivity index (χ1) is 7.70. The fourth-order valence-corrected chi connectivity index (χ4v) is 1.33. The number of benzene rings is 1. The molecule has 84 valence electrons. The average Bonchev–Trinajstić information content (AvgIpc) is 2.28. The first-order valence-corrected chi connectivity index (χ1v) is 5.02. The molecule has 0 atom stereocenters. The first-order valence-electron chi connectivity index (χ1n) is 5.02. The summed E-state index contributed by atoms with van der Waals surface area (Å²) in [5.41, 5.74) is 0.296. The molecule has 0 amide bonds. The molecule has 16 heavy (non-hydrogen) atoms. The number of halogens is 1. The lowest BCUT2D eigenvalue weighted by molar-refractivity contribution is 0.0521. The van der Waals surface area contributed by atoms with Crippen molar-refractivity contribution in [2.24, 2.45) is 0 Å². The zero-order valence-corrected chi connectivity index (χ0v) is 9.00. The minimum Gasteiger partial charge on any atom is -0.462 e. The maximum Gasteiger partial charge on any atom is 0.341 e. The number of carbonyl (C=O) groups is 1. The van der Waals surface area contributed by atoms with E-state index in [4.69, 9.17) is 10.00 Å². The Labute approximate surface area is 93.5 Å². The summed E-state index contributed by atoms with van der Waals surface area (Å²) < 4.78 is 18.5. The minimum atomic E-state index is -0.668. The minimum absolute atomic E-state index is 0.0720. The molecule has 0 radical (unpaired) electrons. The lowest BCUT2D eigenvalue weighted by atomic mass is 10.1. The van der Waals surface area contributed by atoms with Crippen molar-refractivity contribution in [1.82, 2.24) is 0 Å². The van der Waals surface area contributed by atoms with Crippen LogP contribution >= 0.6 is 0 Å². The van der Waals surface area contributed by atoms with E-state index in [0.29, 0.717) is 12.0 Å². The normalized spacial score (nSPS) is 9.56. The number of hydrogen-bond donors (Lipinski definition) is 0. The van der Waals surface area contributed by atoms with Gasteiger partial charge in [0.25, 0.3) is 0 Å². The number of aryl methyl sites for hydroxylation is 1. The number of rotatable bonds is 4. The lowest BCUT2D eigenvalue weighted by Gasteiger charge is -2.06. The van der Waals surface area contributed by atoms with Crippen molar-refractivity contribution in [3.05, 3.63) is 35.1 Å². The van der Waals surface area contributed by atoms with E-state index in [-0.39, 0.29) is 18.6 Å². The number of nitriles is 1. The van der Waals surface area contributed by atoms with Gasteiger partial charge in [-0.1, -0.05) is 12.1 Å². The molecule has 0 N–H and O–H groups in total. The van der Waals surface area contributed by atoms with Crippen LogP contribution in [-0.4, -0.2) is 12.6 Å². The largest absolute Gasteiger partial charge is 0.462 e. The number of carbonyl (C=O) groups excluding carboxylic acids is 1. The SMILES string of the molecule is CCOC(=O)c1cccc(CCC#N)c1F. The third kappa shape index (κ3) is 2.80. The second-order valence-corrected chi connectivity index (χ2v) is 3.16.